The highest BCUT2D eigenvalue weighted by atomic mass is 127. The minimum absolute atomic E-state index is 0.188. The highest BCUT2D eigenvalue weighted by molar-refractivity contribution is 14.1. The Kier molecular flexibility index (Phi) is 8.77. The van der Waals surface area contributed by atoms with Gasteiger partial charge in [-0.2, -0.15) is 0 Å². The molecule has 2 fully saturated rings. The molecule has 0 saturated carbocycles. The van der Waals surface area contributed by atoms with Crippen LogP contribution < -0.4 is 9.47 Å². The predicted octanol–water partition coefficient (Wildman–Crippen LogP) is 5.69. The van der Waals surface area contributed by atoms with Crippen LogP contribution in [0, 0.1) is 3.57 Å². The minimum atomic E-state index is -0.459. The molecule has 0 bridgehead atoms. The first-order valence-electron chi connectivity index (χ1n) is 11.1. The fourth-order valence-corrected chi connectivity index (χ4v) is 5.64. The van der Waals surface area contributed by atoms with Gasteiger partial charge < -0.3 is 14.4 Å². The number of carbonyl (C=O) groups is 3. The van der Waals surface area contributed by atoms with Crippen molar-refractivity contribution in [1.82, 2.24) is 9.80 Å². The quantitative estimate of drug-likeness (QED) is 0.278. The molecular formula is C25H24BrIN2O5S. The number of methoxy groups -OCH3 is 1. The molecule has 35 heavy (non-hydrogen) atoms. The van der Waals surface area contributed by atoms with Crippen LogP contribution in [0.3, 0.4) is 0 Å². The third-order valence-corrected chi connectivity index (χ3v) is 7.94. The first kappa shape index (κ1) is 26.0. The summed E-state index contributed by atoms with van der Waals surface area (Å²) in [5.41, 5.74) is 1.69. The van der Waals surface area contributed by atoms with Gasteiger partial charge in [-0.15, -0.1) is 0 Å². The van der Waals surface area contributed by atoms with Crippen LogP contribution in [0.15, 0.2) is 45.8 Å². The molecule has 0 N–H and O–H groups in total. The number of piperidine rings is 1. The predicted molar refractivity (Wildman–Crippen MR) is 147 cm³/mol. The second-order valence-corrected chi connectivity index (χ2v) is 11.3. The summed E-state index contributed by atoms with van der Waals surface area (Å²) in [5, 5.41) is -0.435. The van der Waals surface area contributed by atoms with E-state index in [-0.39, 0.29) is 17.4 Å². The first-order valence-corrected chi connectivity index (χ1v) is 13.8. The van der Waals surface area contributed by atoms with Gasteiger partial charge in [0, 0.05) is 16.7 Å². The molecule has 10 heteroatoms. The Morgan fingerprint density at radius 2 is 1.86 bits per heavy atom. The van der Waals surface area contributed by atoms with Crippen molar-refractivity contribution in [3.8, 4) is 11.5 Å². The van der Waals surface area contributed by atoms with Crippen LogP contribution >= 0.6 is 50.3 Å². The normalized spacial score (nSPS) is 17.3. The number of halogens is 2. The van der Waals surface area contributed by atoms with E-state index in [2.05, 4.69) is 38.5 Å². The van der Waals surface area contributed by atoms with Gasteiger partial charge in [0.05, 0.1) is 16.5 Å². The topological polar surface area (TPSA) is 76.2 Å². The molecule has 2 heterocycles. The summed E-state index contributed by atoms with van der Waals surface area (Å²) >= 11 is 6.63. The van der Waals surface area contributed by atoms with Crippen LogP contribution in [0.1, 0.15) is 30.4 Å². The number of hydrogen-bond donors (Lipinski definition) is 0. The zero-order valence-corrected chi connectivity index (χ0v) is 23.7. The number of carbonyl (C=O) groups excluding carboxylic acids is 3. The van der Waals surface area contributed by atoms with Gasteiger partial charge in [-0.25, -0.2) is 0 Å². The summed E-state index contributed by atoms with van der Waals surface area (Å²) in [6.45, 7) is 1.50. The van der Waals surface area contributed by atoms with E-state index in [0.29, 0.717) is 41.2 Å². The third-order valence-electron chi connectivity index (χ3n) is 5.72. The van der Waals surface area contributed by atoms with E-state index in [1.54, 1.807) is 30.2 Å². The number of benzene rings is 2. The third kappa shape index (κ3) is 6.39. The average Bonchev–Trinajstić information content (AvgIpc) is 3.11. The second-order valence-electron chi connectivity index (χ2n) is 8.16. The Morgan fingerprint density at radius 3 is 2.54 bits per heavy atom. The Bertz CT molecular complexity index is 1170. The van der Waals surface area contributed by atoms with Crippen molar-refractivity contribution in [1.29, 1.82) is 0 Å². The first-order chi connectivity index (χ1) is 16.9. The van der Waals surface area contributed by atoms with Gasteiger partial charge in [-0.1, -0.05) is 12.1 Å². The Morgan fingerprint density at radius 1 is 1.14 bits per heavy atom. The van der Waals surface area contributed by atoms with Gasteiger partial charge in [0.2, 0.25) is 5.91 Å². The second kappa shape index (κ2) is 11.8. The molecule has 0 radical (unpaired) electrons. The standard InChI is InChI=1S/C25H24BrIN2O5S/c1-33-20-12-17(11-19(26)23(20)34-15-16-5-7-18(27)8-6-16)13-21-24(31)29(25(32)35-21)14-22(30)28-9-3-2-4-10-28/h5-8,11-13H,2-4,9-10,14-15H2,1H3/b21-13-. The van der Waals surface area contributed by atoms with E-state index in [9.17, 15) is 14.4 Å². The highest BCUT2D eigenvalue weighted by Gasteiger charge is 2.37. The number of thioether (sulfide) groups is 1. The Hall–Kier alpha value is -2.05. The summed E-state index contributed by atoms with van der Waals surface area (Å²) in [6.07, 6.45) is 4.64. The number of ether oxygens (including phenoxy) is 2. The van der Waals surface area contributed by atoms with E-state index in [4.69, 9.17) is 9.47 Å². The van der Waals surface area contributed by atoms with Crippen molar-refractivity contribution in [3.05, 3.63) is 60.5 Å². The van der Waals surface area contributed by atoms with E-state index in [0.717, 1.165) is 45.1 Å². The molecule has 2 aromatic carbocycles. The highest BCUT2D eigenvalue weighted by Crippen LogP contribution is 2.39. The number of imide groups is 1. The molecule has 2 aliphatic heterocycles. The fraction of sp³-hybridized carbons (Fsp3) is 0.320. The molecule has 4 rings (SSSR count). The summed E-state index contributed by atoms with van der Waals surface area (Å²) in [6, 6.07) is 11.6. The van der Waals surface area contributed by atoms with Crippen LogP contribution in [0.5, 0.6) is 11.5 Å². The lowest BCUT2D eigenvalue weighted by Gasteiger charge is -2.27. The largest absolute Gasteiger partial charge is 0.493 e. The zero-order chi connectivity index (χ0) is 24.9. The SMILES string of the molecule is COc1cc(/C=C2\SC(=O)N(CC(=O)N3CCCCC3)C2=O)cc(Br)c1OCc1ccc(I)cc1. The van der Waals surface area contributed by atoms with Crippen molar-refractivity contribution in [2.24, 2.45) is 0 Å². The van der Waals surface area contributed by atoms with Gasteiger partial charge in [-0.05, 0) is 111 Å². The number of likely N-dealkylation sites (tertiary alicyclic amines) is 1. The molecule has 2 aliphatic rings. The lowest BCUT2D eigenvalue weighted by molar-refractivity contribution is -0.136. The van der Waals surface area contributed by atoms with Crippen LogP contribution in [-0.2, 0) is 16.2 Å². The number of amides is 3. The van der Waals surface area contributed by atoms with Gasteiger partial charge in [0.25, 0.3) is 11.1 Å². The van der Waals surface area contributed by atoms with Crippen molar-refractivity contribution in [3.63, 3.8) is 0 Å². The van der Waals surface area contributed by atoms with Crippen molar-refractivity contribution in [2.75, 3.05) is 26.7 Å². The van der Waals surface area contributed by atoms with Crippen molar-refractivity contribution in [2.45, 2.75) is 25.9 Å². The molecule has 0 aromatic heterocycles. The maximum Gasteiger partial charge on any atom is 0.294 e. The Balaban J connectivity index is 1.47. The van der Waals surface area contributed by atoms with Crippen LogP contribution in [0.25, 0.3) is 6.08 Å². The van der Waals surface area contributed by atoms with Crippen LogP contribution in [0.2, 0.25) is 0 Å². The molecule has 2 saturated heterocycles. The lowest BCUT2D eigenvalue weighted by Crippen LogP contribution is -2.44. The minimum Gasteiger partial charge on any atom is -0.493 e. The van der Waals surface area contributed by atoms with Gasteiger partial charge >= 0.3 is 0 Å². The Labute approximate surface area is 230 Å². The zero-order valence-electron chi connectivity index (χ0n) is 19.1. The van der Waals surface area contributed by atoms with Gasteiger partial charge in [-0.3, -0.25) is 19.3 Å². The van der Waals surface area contributed by atoms with Gasteiger partial charge in [0.15, 0.2) is 11.5 Å². The van der Waals surface area contributed by atoms with E-state index >= 15 is 0 Å². The van der Waals surface area contributed by atoms with E-state index in [1.165, 1.54) is 0 Å². The molecule has 0 spiro atoms. The molecule has 0 unspecified atom stereocenters. The van der Waals surface area contributed by atoms with Gasteiger partial charge in [0.1, 0.15) is 13.2 Å². The molecule has 7 nitrogen and oxygen atoms in total. The van der Waals surface area contributed by atoms with Crippen LogP contribution in [-0.4, -0.2) is 53.6 Å². The molecule has 0 aliphatic carbocycles. The van der Waals surface area contributed by atoms with Crippen molar-refractivity contribution >= 4 is 73.4 Å². The molecule has 3 amide bonds. The maximum absolute atomic E-state index is 12.9. The number of hydrogen-bond acceptors (Lipinski definition) is 6. The van der Waals surface area contributed by atoms with Crippen LogP contribution in [0.4, 0.5) is 4.79 Å². The molecule has 184 valence electrons. The van der Waals surface area contributed by atoms with Crippen molar-refractivity contribution < 1.29 is 23.9 Å². The summed E-state index contributed by atoms with van der Waals surface area (Å²) in [7, 11) is 1.55. The smallest absolute Gasteiger partial charge is 0.294 e. The monoisotopic (exact) mass is 670 g/mol. The number of nitrogens with zero attached hydrogens (tertiary/aromatic N) is 2. The molecule has 0 atom stereocenters. The number of rotatable bonds is 7. The summed E-state index contributed by atoms with van der Waals surface area (Å²) < 4.78 is 13.3. The van der Waals surface area contributed by atoms with E-state index < -0.39 is 11.1 Å². The maximum atomic E-state index is 12.9. The lowest BCUT2D eigenvalue weighted by atomic mass is 10.1. The average molecular weight is 671 g/mol. The molecular weight excluding hydrogens is 647 g/mol. The summed E-state index contributed by atoms with van der Waals surface area (Å²) in [5.74, 6) is 0.394. The fourth-order valence-electron chi connectivity index (χ4n) is 3.87. The summed E-state index contributed by atoms with van der Waals surface area (Å²) in [4.78, 5) is 41.0. The van der Waals surface area contributed by atoms with E-state index in [1.807, 2.05) is 24.3 Å². The molecule has 2 aromatic rings.